The first-order valence-electron chi connectivity index (χ1n) is 9.34. The highest BCUT2D eigenvalue weighted by molar-refractivity contribution is 7.91. The Hall–Kier alpha value is -2.45. The Labute approximate surface area is 173 Å². The van der Waals surface area contributed by atoms with Gasteiger partial charge in [-0.3, -0.25) is 9.59 Å². The quantitative estimate of drug-likeness (QED) is 0.804. The first-order chi connectivity index (χ1) is 13.7. The number of benzene rings is 2. The number of aryl methyl sites for hydroxylation is 1. The molecule has 152 valence electrons. The summed E-state index contributed by atoms with van der Waals surface area (Å²) in [6.07, 6.45) is 0.682. The van der Waals surface area contributed by atoms with Gasteiger partial charge >= 0.3 is 0 Å². The molecule has 2 amide bonds. The van der Waals surface area contributed by atoms with Crippen LogP contribution in [0.3, 0.4) is 0 Å². The summed E-state index contributed by atoms with van der Waals surface area (Å²) < 4.78 is 23.5. The van der Waals surface area contributed by atoms with Gasteiger partial charge in [-0.2, -0.15) is 5.10 Å². The Balaban J connectivity index is 1.63. The molecule has 2 heterocycles. The predicted molar refractivity (Wildman–Crippen MR) is 113 cm³/mol. The molecule has 0 saturated carbocycles. The minimum atomic E-state index is -3.16. The summed E-state index contributed by atoms with van der Waals surface area (Å²) in [4.78, 5) is 25.2. The summed E-state index contributed by atoms with van der Waals surface area (Å²) in [5.74, 6) is -0.734. The van der Waals surface area contributed by atoms with Crippen LogP contribution in [0.4, 0.5) is 5.69 Å². The molecule has 7 nitrogen and oxygen atoms in total. The first kappa shape index (κ1) is 19.8. The third-order valence-electron chi connectivity index (χ3n) is 5.31. The molecule has 0 spiro atoms. The molecule has 4 rings (SSSR count). The molecule has 0 aliphatic carbocycles. The van der Waals surface area contributed by atoms with E-state index in [4.69, 9.17) is 11.6 Å². The lowest BCUT2D eigenvalue weighted by Gasteiger charge is -2.27. The molecule has 1 fully saturated rings. The van der Waals surface area contributed by atoms with Crippen LogP contribution in [0.25, 0.3) is 10.8 Å². The van der Waals surface area contributed by atoms with Gasteiger partial charge in [0.2, 0.25) is 5.91 Å². The summed E-state index contributed by atoms with van der Waals surface area (Å²) in [6, 6.07) is 8.79. The topological polar surface area (TPSA) is 95.9 Å². The molecule has 2 aliphatic heterocycles. The second kappa shape index (κ2) is 7.42. The van der Waals surface area contributed by atoms with E-state index in [2.05, 4.69) is 10.4 Å². The lowest BCUT2D eigenvalue weighted by atomic mass is 10.0. The van der Waals surface area contributed by atoms with E-state index in [1.54, 1.807) is 6.07 Å². The number of sulfone groups is 1. The molecule has 0 radical (unpaired) electrons. The van der Waals surface area contributed by atoms with E-state index in [0.717, 1.165) is 16.3 Å². The van der Waals surface area contributed by atoms with Crippen LogP contribution < -0.4 is 5.32 Å². The maximum Gasteiger partial charge on any atom is 0.271 e. The fourth-order valence-corrected chi connectivity index (χ4v) is 5.82. The highest BCUT2D eigenvalue weighted by atomic mass is 35.5. The van der Waals surface area contributed by atoms with Crippen LogP contribution >= 0.6 is 11.6 Å². The van der Waals surface area contributed by atoms with E-state index in [0.29, 0.717) is 17.1 Å². The molecule has 2 aliphatic rings. The van der Waals surface area contributed by atoms with Gasteiger partial charge in [-0.25, -0.2) is 13.4 Å². The largest absolute Gasteiger partial charge is 0.320 e. The summed E-state index contributed by atoms with van der Waals surface area (Å²) in [5.41, 5.74) is 1.67. The molecule has 9 heteroatoms. The van der Waals surface area contributed by atoms with Crippen molar-refractivity contribution in [1.82, 2.24) is 5.01 Å². The number of hydrogen-bond acceptors (Lipinski definition) is 5. The summed E-state index contributed by atoms with van der Waals surface area (Å²) in [5, 5.41) is 10.6. The zero-order valence-corrected chi connectivity index (χ0v) is 17.4. The molecule has 1 atom stereocenters. The molecule has 0 unspecified atom stereocenters. The van der Waals surface area contributed by atoms with Crippen molar-refractivity contribution in [2.75, 3.05) is 16.8 Å². The van der Waals surface area contributed by atoms with E-state index in [9.17, 15) is 18.0 Å². The Kier molecular flexibility index (Phi) is 5.08. The molecular formula is C20H20ClN3O4S. The first-order valence-corrected chi connectivity index (χ1v) is 11.5. The van der Waals surface area contributed by atoms with E-state index < -0.39 is 21.8 Å². The maximum absolute atomic E-state index is 12.9. The van der Waals surface area contributed by atoms with Crippen molar-refractivity contribution < 1.29 is 18.0 Å². The number of carbonyl (C=O) groups is 2. The van der Waals surface area contributed by atoms with Gasteiger partial charge in [-0.05, 0) is 25.0 Å². The Morgan fingerprint density at radius 1 is 1.24 bits per heavy atom. The van der Waals surface area contributed by atoms with Crippen LogP contribution in [0, 0.1) is 6.92 Å². The number of halogens is 1. The number of carbonyl (C=O) groups excluding carboxylic acids is 2. The monoisotopic (exact) mass is 433 g/mol. The Bertz CT molecular complexity index is 1160. The fraction of sp³-hybridized carbons (Fsp3) is 0.350. The van der Waals surface area contributed by atoms with Gasteiger partial charge in [0.05, 0.1) is 23.2 Å². The molecule has 1 saturated heterocycles. The number of amides is 2. The van der Waals surface area contributed by atoms with Crippen LogP contribution in [0.1, 0.15) is 24.8 Å². The number of hydrazone groups is 1. The molecule has 29 heavy (non-hydrogen) atoms. The van der Waals surface area contributed by atoms with Gasteiger partial charge in [-0.15, -0.1) is 0 Å². The number of anilines is 1. The average molecular weight is 434 g/mol. The maximum atomic E-state index is 12.9. The number of nitrogens with zero attached hydrogens (tertiary/aromatic N) is 2. The van der Waals surface area contributed by atoms with Gasteiger partial charge in [0, 0.05) is 28.6 Å². The van der Waals surface area contributed by atoms with E-state index in [-0.39, 0.29) is 36.0 Å². The number of nitrogens with one attached hydrogen (secondary N) is 1. The minimum Gasteiger partial charge on any atom is -0.320 e. The van der Waals surface area contributed by atoms with Crippen LogP contribution in [0.2, 0.25) is 5.02 Å². The third kappa shape index (κ3) is 3.86. The Morgan fingerprint density at radius 3 is 2.66 bits per heavy atom. The van der Waals surface area contributed by atoms with E-state index >= 15 is 0 Å². The van der Waals surface area contributed by atoms with Crippen molar-refractivity contribution in [1.29, 1.82) is 0 Å². The Morgan fingerprint density at radius 2 is 1.97 bits per heavy atom. The van der Waals surface area contributed by atoms with Crippen molar-refractivity contribution in [3.63, 3.8) is 0 Å². The summed E-state index contributed by atoms with van der Waals surface area (Å²) in [6.45, 7) is 1.86. The van der Waals surface area contributed by atoms with Crippen LogP contribution in [0.15, 0.2) is 35.4 Å². The van der Waals surface area contributed by atoms with Crippen LogP contribution in [-0.4, -0.2) is 48.5 Å². The number of hydrogen-bond donors (Lipinski definition) is 1. The molecular weight excluding hydrogens is 414 g/mol. The summed E-state index contributed by atoms with van der Waals surface area (Å²) in [7, 11) is -3.16. The van der Waals surface area contributed by atoms with Crippen molar-refractivity contribution in [3.05, 3.63) is 40.9 Å². The normalized spacial score (nSPS) is 21.3. The highest BCUT2D eigenvalue weighted by Crippen LogP contribution is 2.33. The lowest BCUT2D eigenvalue weighted by Crippen LogP contribution is -2.42. The van der Waals surface area contributed by atoms with Crippen molar-refractivity contribution in [3.8, 4) is 0 Å². The van der Waals surface area contributed by atoms with Gasteiger partial charge in [0.1, 0.15) is 5.71 Å². The van der Waals surface area contributed by atoms with Gasteiger partial charge in [0.15, 0.2) is 9.84 Å². The molecule has 0 bridgehead atoms. The fourth-order valence-electron chi connectivity index (χ4n) is 3.80. The lowest BCUT2D eigenvalue weighted by molar-refractivity contribution is -0.133. The average Bonchev–Trinajstić information content (AvgIpc) is 3.05. The van der Waals surface area contributed by atoms with Crippen molar-refractivity contribution in [2.24, 2.45) is 5.10 Å². The molecule has 2 aromatic carbocycles. The molecule has 1 N–H and O–H groups in total. The number of rotatable bonds is 3. The second-order valence-electron chi connectivity index (χ2n) is 7.39. The third-order valence-corrected chi connectivity index (χ3v) is 7.37. The van der Waals surface area contributed by atoms with Crippen molar-refractivity contribution >= 4 is 55.4 Å². The van der Waals surface area contributed by atoms with Gasteiger partial charge < -0.3 is 5.32 Å². The van der Waals surface area contributed by atoms with Crippen molar-refractivity contribution in [2.45, 2.75) is 32.2 Å². The molecule has 2 aromatic rings. The SMILES string of the molecule is Cc1cc(Cl)c2ccccc2c1NC(=O)C1=NN([C@@H]2CCS(=O)(=O)C2)C(=O)CC1. The molecule has 0 aromatic heterocycles. The predicted octanol–water partition coefficient (Wildman–Crippen LogP) is 2.91. The van der Waals surface area contributed by atoms with Gasteiger partial charge in [0.25, 0.3) is 5.91 Å². The second-order valence-corrected chi connectivity index (χ2v) is 10.0. The van der Waals surface area contributed by atoms with E-state index in [1.807, 2.05) is 31.2 Å². The van der Waals surface area contributed by atoms with E-state index in [1.165, 1.54) is 5.01 Å². The zero-order chi connectivity index (χ0) is 20.8. The van der Waals surface area contributed by atoms with Gasteiger partial charge in [-0.1, -0.05) is 35.9 Å². The minimum absolute atomic E-state index is 0.0362. The van der Waals surface area contributed by atoms with Crippen LogP contribution in [0.5, 0.6) is 0 Å². The summed E-state index contributed by atoms with van der Waals surface area (Å²) >= 11 is 6.32. The zero-order valence-electron chi connectivity index (χ0n) is 15.8. The number of fused-ring (bicyclic) bond motifs is 1. The van der Waals surface area contributed by atoms with Crippen LogP contribution in [-0.2, 0) is 19.4 Å². The smallest absolute Gasteiger partial charge is 0.271 e. The standard InChI is InChI=1S/C20H20ClN3O4S/c1-12-10-16(21)14-4-2-3-5-15(14)19(12)22-20(26)17-6-7-18(25)24(23-17)13-8-9-29(27,28)11-13/h2-5,10,13H,6-9,11H2,1H3,(H,22,26)/t13-/m1/s1. The highest BCUT2D eigenvalue weighted by Gasteiger charge is 2.37.